The summed E-state index contributed by atoms with van der Waals surface area (Å²) in [6, 6.07) is 0. The Morgan fingerprint density at radius 3 is 2.35 bits per heavy atom. The van der Waals surface area contributed by atoms with Crippen molar-refractivity contribution >= 4 is 5.97 Å². The summed E-state index contributed by atoms with van der Waals surface area (Å²) in [5, 5.41) is 0. The molecule has 0 bridgehead atoms. The van der Waals surface area contributed by atoms with Gasteiger partial charge >= 0.3 is 5.97 Å². The second-order valence-corrected chi connectivity index (χ2v) is 4.09. The SMILES string of the molecule is C=CCC(=O)OCCCCCCCOCCC. The summed E-state index contributed by atoms with van der Waals surface area (Å²) in [6.45, 7) is 7.90. The Morgan fingerprint density at radius 2 is 1.71 bits per heavy atom. The molecule has 100 valence electrons. The molecular formula is C14H26O3. The van der Waals surface area contributed by atoms with E-state index >= 15 is 0 Å². The summed E-state index contributed by atoms with van der Waals surface area (Å²) in [6.07, 6.45) is 8.58. The standard InChI is InChI=1S/C14H26O3/c1-3-10-14(15)17-13-9-7-5-6-8-12-16-11-4-2/h3H,1,4-13H2,2H3. The minimum Gasteiger partial charge on any atom is -0.465 e. The van der Waals surface area contributed by atoms with Gasteiger partial charge in [-0.15, -0.1) is 6.58 Å². The topological polar surface area (TPSA) is 35.5 Å². The molecule has 0 atom stereocenters. The molecule has 0 aromatic carbocycles. The molecule has 0 aromatic heterocycles. The maximum atomic E-state index is 11.0. The van der Waals surface area contributed by atoms with E-state index in [9.17, 15) is 4.79 Å². The Balaban J connectivity index is 3.03. The van der Waals surface area contributed by atoms with E-state index < -0.39 is 0 Å². The lowest BCUT2D eigenvalue weighted by Gasteiger charge is -2.04. The number of hydrogen-bond donors (Lipinski definition) is 0. The first kappa shape index (κ1) is 16.2. The van der Waals surface area contributed by atoms with E-state index in [1.807, 2.05) is 0 Å². The zero-order valence-corrected chi connectivity index (χ0v) is 11.1. The molecule has 0 radical (unpaired) electrons. The summed E-state index contributed by atoms with van der Waals surface area (Å²) in [5.41, 5.74) is 0. The fourth-order valence-electron chi connectivity index (χ4n) is 1.45. The largest absolute Gasteiger partial charge is 0.465 e. The van der Waals surface area contributed by atoms with E-state index in [-0.39, 0.29) is 5.97 Å². The maximum Gasteiger partial charge on any atom is 0.309 e. The molecule has 0 aliphatic carbocycles. The van der Waals surface area contributed by atoms with Gasteiger partial charge in [0.15, 0.2) is 0 Å². The summed E-state index contributed by atoms with van der Waals surface area (Å²) in [5.74, 6) is -0.173. The number of carbonyl (C=O) groups is 1. The van der Waals surface area contributed by atoms with Gasteiger partial charge in [-0.1, -0.05) is 32.3 Å². The van der Waals surface area contributed by atoms with E-state index in [1.54, 1.807) is 6.08 Å². The van der Waals surface area contributed by atoms with Crippen LogP contribution in [0.1, 0.15) is 51.9 Å². The molecular weight excluding hydrogens is 216 g/mol. The Hall–Kier alpha value is -0.830. The average Bonchev–Trinajstić information content (AvgIpc) is 2.32. The molecule has 0 heterocycles. The smallest absolute Gasteiger partial charge is 0.309 e. The molecule has 3 heteroatoms. The van der Waals surface area contributed by atoms with Crippen LogP contribution in [0.3, 0.4) is 0 Å². The Kier molecular flexibility index (Phi) is 12.6. The summed E-state index contributed by atoms with van der Waals surface area (Å²) in [7, 11) is 0. The fourth-order valence-corrected chi connectivity index (χ4v) is 1.45. The number of ether oxygens (including phenoxy) is 2. The fraction of sp³-hybridized carbons (Fsp3) is 0.786. The van der Waals surface area contributed by atoms with Gasteiger partial charge in [0.1, 0.15) is 0 Å². The monoisotopic (exact) mass is 242 g/mol. The third-order valence-electron chi connectivity index (χ3n) is 2.36. The maximum absolute atomic E-state index is 11.0. The van der Waals surface area contributed by atoms with Crippen molar-refractivity contribution in [3.63, 3.8) is 0 Å². The number of rotatable bonds is 12. The predicted molar refractivity (Wildman–Crippen MR) is 70.0 cm³/mol. The van der Waals surface area contributed by atoms with Gasteiger partial charge in [0.2, 0.25) is 0 Å². The van der Waals surface area contributed by atoms with Crippen molar-refractivity contribution in [3.05, 3.63) is 12.7 Å². The minimum absolute atomic E-state index is 0.173. The van der Waals surface area contributed by atoms with E-state index in [2.05, 4.69) is 13.5 Å². The Labute approximate surface area is 105 Å². The van der Waals surface area contributed by atoms with Gasteiger partial charge in [0.05, 0.1) is 13.0 Å². The van der Waals surface area contributed by atoms with Gasteiger partial charge in [0, 0.05) is 13.2 Å². The molecule has 0 amide bonds. The number of esters is 1. The van der Waals surface area contributed by atoms with Crippen LogP contribution in [0.4, 0.5) is 0 Å². The van der Waals surface area contributed by atoms with Gasteiger partial charge in [-0.05, 0) is 19.3 Å². The van der Waals surface area contributed by atoms with E-state index in [0.29, 0.717) is 13.0 Å². The summed E-state index contributed by atoms with van der Waals surface area (Å²) >= 11 is 0. The van der Waals surface area contributed by atoms with Crippen molar-refractivity contribution in [2.45, 2.75) is 51.9 Å². The number of carbonyl (C=O) groups excluding carboxylic acids is 1. The second kappa shape index (κ2) is 13.2. The number of hydrogen-bond acceptors (Lipinski definition) is 3. The van der Waals surface area contributed by atoms with Crippen LogP contribution in [0.25, 0.3) is 0 Å². The second-order valence-electron chi connectivity index (χ2n) is 4.09. The molecule has 0 aliphatic rings. The third-order valence-corrected chi connectivity index (χ3v) is 2.36. The van der Waals surface area contributed by atoms with E-state index in [4.69, 9.17) is 9.47 Å². The van der Waals surface area contributed by atoms with Crippen LogP contribution in [0.2, 0.25) is 0 Å². The van der Waals surface area contributed by atoms with Gasteiger partial charge in [0.25, 0.3) is 0 Å². The highest BCUT2D eigenvalue weighted by atomic mass is 16.5. The van der Waals surface area contributed by atoms with Crippen LogP contribution in [0, 0.1) is 0 Å². The zero-order valence-electron chi connectivity index (χ0n) is 11.1. The highest BCUT2D eigenvalue weighted by molar-refractivity contribution is 5.70. The highest BCUT2D eigenvalue weighted by Crippen LogP contribution is 2.04. The normalized spacial score (nSPS) is 10.2. The van der Waals surface area contributed by atoms with Crippen LogP contribution < -0.4 is 0 Å². The Bertz CT molecular complexity index is 190. The van der Waals surface area contributed by atoms with Crippen molar-refractivity contribution in [1.29, 1.82) is 0 Å². The van der Waals surface area contributed by atoms with Crippen LogP contribution >= 0.6 is 0 Å². The molecule has 0 N–H and O–H groups in total. The summed E-state index contributed by atoms with van der Waals surface area (Å²) < 4.78 is 10.4. The molecule has 0 unspecified atom stereocenters. The third kappa shape index (κ3) is 13.1. The zero-order chi connectivity index (χ0) is 12.8. The van der Waals surface area contributed by atoms with Crippen LogP contribution in [0.15, 0.2) is 12.7 Å². The van der Waals surface area contributed by atoms with Crippen molar-refractivity contribution in [2.75, 3.05) is 19.8 Å². The molecule has 0 rings (SSSR count). The lowest BCUT2D eigenvalue weighted by atomic mass is 10.1. The lowest BCUT2D eigenvalue weighted by Crippen LogP contribution is -2.04. The van der Waals surface area contributed by atoms with E-state index in [0.717, 1.165) is 38.9 Å². The van der Waals surface area contributed by atoms with E-state index in [1.165, 1.54) is 12.8 Å². The molecule has 17 heavy (non-hydrogen) atoms. The van der Waals surface area contributed by atoms with Crippen LogP contribution in [0.5, 0.6) is 0 Å². The lowest BCUT2D eigenvalue weighted by molar-refractivity contribution is -0.142. The molecule has 3 nitrogen and oxygen atoms in total. The van der Waals surface area contributed by atoms with Crippen molar-refractivity contribution in [2.24, 2.45) is 0 Å². The van der Waals surface area contributed by atoms with Gasteiger partial charge in [-0.3, -0.25) is 4.79 Å². The minimum atomic E-state index is -0.173. The molecule has 0 saturated heterocycles. The molecule has 0 fully saturated rings. The first-order valence-electron chi connectivity index (χ1n) is 6.65. The molecule has 0 aromatic rings. The first-order valence-corrected chi connectivity index (χ1v) is 6.65. The van der Waals surface area contributed by atoms with Crippen LogP contribution in [-0.4, -0.2) is 25.8 Å². The van der Waals surface area contributed by atoms with Crippen molar-refractivity contribution in [3.8, 4) is 0 Å². The van der Waals surface area contributed by atoms with Crippen molar-refractivity contribution < 1.29 is 14.3 Å². The summed E-state index contributed by atoms with van der Waals surface area (Å²) in [4.78, 5) is 11.0. The van der Waals surface area contributed by atoms with Gasteiger partial charge < -0.3 is 9.47 Å². The molecule has 0 spiro atoms. The van der Waals surface area contributed by atoms with Crippen molar-refractivity contribution in [1.82, 2.24) is 0 Å². The van der Waals surface area contributed by atoms with Gasteiger partial charge in [-0.25, -0.2) is 0 Å². The quantitative estimate of drug-likeness (QED) is 0.298. The highest BCUT2D eigenvalue weighted by Gasteiger charge is 1.98. The van der Waals surface area contributed by atoms with Crippen LogP contribution in [-0.2, 0) is 14.3 Å². The number of unbranched alkanes of at least 4 members (excludes halogenated alkanes) is 4. The Morgan fingerprint density at radius 1 is 1.06 bits per heavy atom. The molecule has 0 aliphatic heterocycles. The molecule has 0 saturated carbocycles. The van der Waals surface area contributed by atoms with Gasteiger partial charge in [-0.2, -0.15) is 0 Å². The first-order chi connectivity index (χ1) is 8.31. The average molecular weight is 242 g/mol. The predicted octanol–water partition coefficient (Wildman–Crippen LogP) is 3.48.